The number of methoxy groups -OCH3 is 1. The van der Waals surface area contributed by atoms with E-state index >= 15 is 0 Å². The van der Waals surface area contributed by atoms with Crippen molar-refractivity contribution >= 4 is 11.8 Å². The van der Waals surface area contributed by atoms with Crippen molar-refractivity contribution in [1.29, 1.82) is 0 Å². The summed E-state index contributed by atoms with van der Waals surface area (Å²) in [7, 11) is 1.61. The van der Waals surface area contributed by atoms with Gasteiger partial charge in [-0.3, -0.25) is 4.57 Å². The second-order valence-electron chi connectivity index (χ2n) is 6.78. The van der Waals surface area contributed by atoms with Gasteiger partial charge in [-0.2, -0.15) is 0 Å². The number of ether oxygens (including phenoxy) is 1. The van der Waals surface area contributed by atoms with Crippen molar-refractivity contribution in [2.24, 2.45) is 0 Å². The first kappa shape index (κ1) is 20.1. The van der Waals surface area contributed by atoms with Crippen LogP contribution in [-0.4, -0.2) is 21.9 Å². The fourth-order valence-corrected chi connectivity index (χ4v) is 3.96. The average Bonchev–Trinajstić information content (AvgIpc) is 3.16. The smallest absolute Gasteiger partial charge is 0.196 e. The highest BCUT2D eigenvalue weighted by Crippen LogP contribution is 2.31. The van der Waals surface area contributed by atoms with E-state index in [1.165, 1.54) is 23.9 Å². The van der Waals surface area contributed by atoms with Gasteiger partial charge < -0.3 is 4.74 Å². The van der Waals surface area contributed by atoms with Crippen LogP contribution in [-0.2, 0) is 5.75 Å². The van der Waals surface area contributed by atoms with E-state index in [9.17, 15) is 8.78 Å². The molecule has 1 heterocycles. The normalized spacial score (nSPS) is 10.9. The fraction of sp³-hybridized carbons (Fsp3) is 0.130. The standard InChI is InChI=1S/C23H19F2N3OS/c1-15-6-8-20(9-7-15)28-22(17-4-3-5-21(12-17)29-2)26-27-23(28)30-14-16-10-18(24)13-19(25)11-16/h3-13H,14H2,1-2H3. The van der Waals surface area contributed by atoms with Gasteiger partial charge >= 0.3 is 0 Å². The Balaban J connectivity index is 1.74. The molecule has 1 aromatic heterocycles. The number of nitrogens with zero attached hydrogens (tertiary/aromatic N) is 3. The van der Waals surface area contributed by atoms with Crippen molar-refractivity contribution in [3.8, 4) is 22.8 Å². The van der Waals surface area contributed by atoms with E-state index in [4.69, 9.17) is 4.74 Å². The Morgan fingerprint density at radius 3 is 2.37 bits per heavy atom. The Labute approximate surface area is 177 Å². The van der Waals surface area contributed by atoms with Crippen molar-refractivity contribution in [1.82, 2.24) is 14.8 Å². The van der Waals surface area contributed by atoms with E-state index in [0.29, 0.717) is 22.3 Å². The zero-order valence-electron chi connectivity index (χ0n) is 16.5. The van der Waals surface area contributed by atoms with Crippen LogP contribution in [0.3, 0.4) is 0 Å². The first-order valence-corrected chi connectivity index (χ1v) is 10.3. The average molecular weight is 423 g/mol. The minimum atomic E-state index is -0.595. The zero-order valence-corrected chi connectivity index (χ0v) is 17.3. The maximum absolute atomic E-state index is 13.5. The number of rotatable bonds is 6. The topological polar surface area (TPSA) is 39.9 Å². The Morgan fingerprint density at radius 2 is 1.67 bits per heavy atom. The third kappa shape index (κ3) is 4.36. The first-order valence-electron chi connectivity index (χ1n) is 9.28. The molecule has 0 atom stereocenters. The second kappa shape index (κ2) is 8.67. The summed E-state index contributed by atoms with van der Waals surface area (Å²) in [5.41, 5.74) is 3.43. The van der Waals surface area contributed by atoms with E-state index in [1.807, 2.05) is 60.0 Å². The molecule has 0 aliphatic heterocycles. The molecule has 4 aromatic rings. The molecular weight excluding hydrogens is 404 g/mol. The summed E-state index contributed by atoms with van der Waals surface area (Å²) >= 11 is 1.37. The summed E-state index contributed by atoms with van der Waals surface area (Å²) in [4.78, 5) is 0. The number of hydrogen-bond acceptors (Lipinski definition) is 4. The van der Waals surface area contributed by atoms with Crippen LogP contribution in [0.4, 0.5) is 8.78 Å². The highest BCUT2D eigenvalue weighted by Gasteiger charge is 2.17. The Bertz CT molecular complexity index is 1160. The van der Waals surface area contributed by atoms with Crippen LogP contribution in [0, 0.1) is 18.6 Å². The lowest BCUT2D eigenvalue weighted by Gasteiger charge is -2.11. The summed E-state index contributed by atoms with van der Waals surface area (Å²) in [6.07, 6.45) is 0. The highest BCUT2D eigenvalue weighted by atomic mass is 32.2. The molecule has 0 fully saturated rings. The third-order valence-electron chi connectivity index (χ3n) is 4.54. The van der Waals surface area contributed by atoms with Gasteiger partial charge in [0.25, 0.3) is 0 Å². The van der Waals surface area contributed by atoms with Crippen LogP contribution < -0.4 is 4.74 Å². The molecule has 4 nitrogen and oxygen atoms in total. The first-order chi connectivity index (χ1) is 14.5. The molecule has 0 aliphatic carbocycles. The molecule has 0 aliphatic rings. The van der Waals surface area contributed by atoms with Crippen molar-refractivity contribution in [2.75, 3.05) is 7.11 Å². The molecule has 0 saturated heterocycles. The number of thioether (sulfide) groups is 1. The number of benzene rings is 3. The van der Waals surface area contributed by atoms with Gasteiger partial charge in [0.15, 0.2) is 11.0 Å². The molecule has 4 rings (SSSR count). The number of aromatic nitrogens is 3. The molecule has 30 heavy (non-hydrogen) atoms. The van der Waals surface area contributed by atoms with Crippen molar-refractivity contribution < 1.29 is 13.5 Å². The minimum absolute atomic E-state index is 0.358. The van der Waals surface area contributed by atoms with Crippen LogP contribution in [0.2, 0.25) is 0 Å². The molecule has 0 amide bonds. The van der Waals surface area contributed by atoms with Crippen molar-refractivity contribution in [3.63, 3.8) is 0 Å². The Morgan fingerprint density at radius 1 is 0.933 bits per heavy atom. The summed E-state index contributed by atoms with van der Waals surface area (Å²) in [5, 5.41) is 9.38. The summed E-state index contributed by atoms with van der Waals surface area (Å²) < 4.78 is 34.4. The van der Waals surface area contributed by atoms with Gasteiger partial charge in [0.05, 0.1) is 7.11 Å². The largest absolute Gasteiger partial charge is 0.497 e. The van der Waals surface area contributed by atoms with Gasteiger partial charge in [-0.05, 0) is 48.9 Å². The molecule has 3 aromatic carbocycles. The minimum Gasteiger partial charge on any atom is -0.497 e. The van der Waals surface area contributed by atoms with Crippen LogP contribution in [0.1, 0.15) is 11.1 Å². The molecule has 0 N–H and O–H groups in total. The molecule has 0 radical (unpaired) electrons. The molecule has 7 heteroatoms. The van der Waals surface area contributed by atoms with E-state index in [2.05, 4.69) is 10.2 Å². The van der Waals surface area contributed by atoms with E-state index < -0.39 is 11.6 Å². The fourth-order valence-electron chi connectivity index (χ4n) is 3.08. The molecule has 0 bridgehead atoms. The molecule has 0 unspecified atom stereocenters. The lowest BCUT2D eigenvalue weighted by Crippen LogP contribution is -2.00. The quantitative estimate of drug-likeness (QED) is 0.366. The zero-order chi connectivity index (χ0) is 21.1. The van der Waals surface area contributed by atoms with Gasteiger partial charge in [0.2, 0.25) is 0 Å². The van der Waals surface area contributed by atoms with Crippen LogP contribution >= 0.6 is 11.8 Å². The predicted molar refractivity (Wildman–Crippen MR) is 114 cm³/mol. The van der Waals surface area contributed by atoms with Gasteiger partial charge in [0, 0.05) is 23.1 Å². The monoisotopic (exact) mass is 423 g/mol. The van der Waals surface area contributed by atoms with E-state index in [0.717, 1.165) is 28.6 Å². The Hall–Kier alpha value is -3.19. The highest BCUT2D eigenvalue weighted by molar-refractivity contribution is 7.98. The van der Waals surface area contributed by atoms with Gasteiger partial charge in [-0.25, -0.2) is 8.78 Å². The van der Waals surface area contributed by atoms with Gasteiger partial charge in [-0.15, -0.1) is 10.2 Å². The van der Waals surface area contributed by atoms with Crippen LogP contribution in [0.25, 0.3) is 17.1 Å². The van der Waals surface area contributed by atoms with Crippen molar-refractivity contribution in [3.05, 3.63) is 89.5 Å². The number of hydrogen-bond donors (Lipinski definition) is 0. The van der Waals surface area contributed by atoms with E-state index in [-0.39, 0.29) is 0 Å². The molecule has 0 spiro atoms. The summed E-state index contributed by atoms with van der Waals surface area (Å²) in [6, 6.07) is 19.1. The predicted octanol–water partition coefficient (Wildman–Crippen LogP) is 5.82. The maximum Gasteiger partial charge on any atom is 0.196 e. The lowest BCUT2D eigenvalue weighted by atomic mass is 10.2. The maximum atomic E-state index is 13.5. The van der Waals surface area contributed by atoms with Gasteiger partial charge in [-0.1, -0.05) is 41.6 Å². The van der Waals surface area contributed by atoms with Crippen LogP contribution in [0.5, 0.6) is 5.75 Å². The lowest BCUT2D eigenvalue weighted by molar-refractivity contribution is 0.415. The van der Waals surface area contributed by atoms with Gasteiger partial charge in [0.1, 0.15) is 17.4 Å². The van der Waals surface area contributed by atoms with Crippen molar-refractivity contribution in [2.45, 2.75) is 17.8 Å². The second-order valence-corrected chi connectivity index (χ2v) is 7.72. The van der Waals surface area contributed by atoms with E-state index in [1.54, 1.807) is 7.11 Å². The third-order valence-corrected chi connectivity index (χ3v) is 5.54. The summed E-state index contributed by atoms with van der Waals surface area (Å²) in [6.45, 7) is 2.02. The molecule has 152 valence electrons. The molecular formula is C23H19F2N3OS. The Kier molecular flexibility index (Phi) is 5.81. The molecule has 0 saturated carbocycles. The summed E-state index contributed by atoms with van der Waals surface area (Å²) in [5.74, 6) is 0.544. The number of halogens is 2. The number of aryl methyl sites for hydroxylation is 1. The van der Waals surface area contributed by atoms with Crippen LogP contribution in [0.15, 0.2) is 71.9 Å². The SMILES string of the molecule is COc1cccc(-c2nnc(SCc3cc(F)cc(F)c3)n2-c2ccc(C)cc2)c1.